The third-order valence-corrected chi connectivity index (χ3v) is 6.53. The fraction of sp³-hybridized carbons (Fsp3) is 0.481. The molecule has 4 N–H and O–H groups in total. The Labute approximate surface area is 205 Å². The number of carbonyl (C=O) groups is 2. The second-order valence-electron chi connectivity index (χ2n) is 10.4. The number of hydrogen-bond acceptors (Lipinski definition) is 4. The predicted molar refractivity (Wildman–Crippen MR) is 131 cm³/mol. The summed E-state index contributed by atoms with van der Waals surface area (Å²) in [5.41, 5.74) is 1.81. The largest absolute Gasteiger partial charge is 0.390 e. The Morgan fingerprint density at radius 2 is 1.86 bits per heavy atom. The summed E-state index contributed by atoms with van der Waals surface area (Å²) in [6, 6.07) is 10.6. The highest BCUT2D eigenvalue weighted by atomic mass is 19.1. The second-order valence-corrected chi connectivity index (χ2v) is 10.4. The number of piperidine rings is 1. The first-order valence-electron chi connectivity index (χ1n) is 11.9. The van der Waals surface area contributed by atoms with Crippen LogP contribution in [0.1, 0.15) is 57.2 Å². The molecule has 1 heterocycles. The first kappa shape index (κ1) is 26.8. The van der Waals surface area contributed by atoms with E-state index >= 15 is 0 Å². The van der Waals surface area contributed by atoms with Gasteiger partial charge in [0.25, 0.3) is 0 Å². The zero-order valence-corrected chi connectivity index (χ0v) is 20.8. The number of halogens is 2. The average Bonchev–Trinajstić information content (AvgIpc) is 2.77. The summed E-state index contributed by atoms with van der Waals surface area (Å²) in [7, 11) is 0. The van der Waals surface area contributed by atoms with Crippen molar-refractivity contribution in [2.45, 2.75) is 70.1 Å². The van der Waals surface area contributed by atoms with Crippen LogP contribution in [0.25, 0.3) is 0 Å². The predicted octanol–water partition coefficient (Wildman–Crippen LogP) is 3.07. The van der Waals surface area contributed by atoms with E-state index in [0.717, 1.165) is 17.2 Å². The van der Waals surface area contributed by atoms with Crippen LogP contribution in [0.4, 0.5) is 8.78 Å². The fourth-order valence-electron chi connectivity index (χ4n) is 4.51. The molecule has 2 aromatic rings. The molecule has 0 spiro atoms. The molecule has 190 valence electrons. The van der Waals surface area contributed by atoms with E-state index in [1.165, 1.54) is 19.1 Å². The van der Waals surface area contributed by atoms with Crippen LogP contribution in [0.2, 0.25) is 0 Å². The molecule has 1 aliphatic heterocycles. The molecule has 0 radical (unpaired) electrons. The highest BCUT2D eigenvalue weighted by Gasteiger charge is 2.37. The van der Waals surface area contributed by atoms with Crippen molar-refractivity contribution in [3.05, 3.63) is 70.8 Å². The molecule has 6 nitrogen and oxygen atoms in total. The van der Waals surface area contributed by atoms with Crippen LogP contribution in [-0.4, -0.2) is 42.2 Å². The Bertz CT molecular complexity index is 1040. The number of hydrogen-bond donors (Lipinski definition) is 4. The zero-order valence-electron chi connectivity index (χ0n) is 20.8. The van der Waals surface area contributed by atoms with Crippen molar-refractivity contribution in [3.63, 3.8) is 0 Å². The molecule has 2 aromatic carbocycles. The average molecular weight is 488 g/mol. The van der Waals surface area contributed by atoms with Gasteiger partial charge in [0.15, 0.2) is 0 Å². The molecule has 3 atom stereocenters. The summed E-state index contributed by atoms with van der Waals surface area (Å²) in [5, 5.41) is 20.1. The molecule has 0 bridgehead atoms. The monoisotopic (exact) mass is 487 g/mol. The third kappa shape index (κ3) is 7.08. The lowest BCUT2D eigenvalue weighted by molar-refractivity contribution is -0.124. The summed E-state index contributed by atoms with van der Waals surface area (Å²) < 4.78 is 27.4. The molecule has 1 fully saturated rings. The van der Waals surface area contributed by atoms with E-state index in [0.29, 0.717) is 24.9 Å². The molecule has 1 aliphatic rings. The third-order valence-electron chi connectivity index (χ3n) is 6.53. The molecule has 35 heavy (non-hydrogen) atoms. The Morgan fingerprint density at radius 1 is 1.17 bits per heavy atom. The first-order valence-corrected chi connectivity index (χ1v) is 11.9. The van der Waals surface area contributed by atoms with Crippen molar-refractivity contribution >= 4 is 11.8 Å². The van der Waals surface area contributed by atoms with Crippen LogP contribution < -0.4 is 16.0 Å². The van der Waals surface area contributed by atoms with Crippen molar-refractivity contribution in [3.8, 4) is 0 Å². The van der Waals surface area contributed by atoms with Gasteiger partial charge in [-0.25, -0.2) is 8.78 Å². The molecular formula is C27H35F2N3O3. The number of benzene rings is 2. The van der Waals surface area contributed by atoms with Gasteiger partial charge in [-0.1, -0.05) is 45.0 Å². The lowest BCUT2D eigenvalue weighted by atomic mass is 9.78. The number of aliphatic hydroxyl groups excluding tert-OH is 1. The molecule has 1 saturated heterocycles. The molecule has 8 heteroatoms. The molecule has 0 saturated carbocycles. The van der Waals surface area contributed by atoms with Gasteiger partial charge in [0.2, 0.25) is 11.8 Å². The maximum atomic E-state index is 13.7. The number of aliphatic hydroxyl groups is 1. The van der Waals surface area contributed by atoms with Crippen LogP contribution in [0.15, 0.2) is 42.5 Å². The summed E-state index contributed by atoms with van der Waals surface area (Å²) in [5.74, 6) is -1.82. The Kier molecular flexibility index (Phi) is 8.28. The number of amides is 2. The van der Waals surface area contributed by atoms with E-state index in [9.17, 15) is 23.5 Å². The minimum Gasteiger partial charge on any atom is -0.390 e. The van der Waals surface area contributed by atoms with E-state index in [-0.39, 0.29) is 30.2 Å². The van der Waals surface area contributed by atoms with Crippen LogP contribution >= 0.6 is 0 Å². The zero-order chi connectivity index (χ0) is 25.8. The van der Waals surface area contributed by atoms with E-state index in [1.54, 1.807) is 0 Å². The number of nitrogens with one attached hydrogen (secondary N) is 3. The first-order chi connectivity index (χ1) is 16.4. The lowest BCUT2D eigenvalue weighted by Crippen LogP contribution is -2.58. The molecule has 0 aromatic heterocycles. The fourth-order valence-corrected chi connectivity index (χ4v) is 4.51. The van der Waals surface area contributed by atoms with Gasteiger partial charge in [0, 0.05) is 32.5 Å². The van der Waals surface area contributed by atoms with Crippen LogP contribution in [-0.2, 0) is 27.0 Å². The van der Waals surface area contributed by atoms with Crippen LogP contribution in [0.3, 0.4) is 0 Å². The van der Waals surface area contributed by atoms with Gasteiger partial charge in [-0.05, 0) is 47.1 Å². The molecule has 3 rings (SSSR count). The van der Waals surface area contributed by atoms with Gasteiger partial charge in [-0.15, -0.1) is 0 Å². The lowest BCUT2D eigenvalue weighted by Gasteiger charge is -2.40. The quantitative estimate of drug-likeness (QED) is 0.461. The van der Waals surface area contributed by atoms with Crippen molar-refractivity contribution < 1.29 is 23.5 Å². The maximum Gasteiger partial charge on any atom is 0.220 e. The van der Waals surface area contributed by atoms with Crippen molar-refractivity contribution in [1.82, 2.24) is 16.0 Å². The van der Waals surface area contributed by atoms with E-state index in [2.05, 4.69) is 48.9 Å². The summed E-state index contributed by atoms with van der Waals surface area (Å²) in [6.07, 6.45) is -0.120. The second kappa shape index (κ2) is 10.8. The van der Waals surface area contributed by atoms with E-state index < -0.39 is 29.3 Å². The van der Waals surface area contributed by atoms with Gasteiger partial charge >= 0.3 is 0 Å². The summed E-state index contributed by atoms with van der Waals surface area (Å²) >= 11 is 0. The van der Waals surface area contributed by atoms with Gasteiger partial charge in [0.05, 0.1) is 17.7 Å². The van der Waals surface area contributed by atoms with E-state index in [1.807, 2.05) is 12.1 Å². The van der Waals surface area contributed by atoms with Gasteiger partial charge in [0.1, 0.15) is 11.6 Å². The van der Waals surface area contributed by atoms with E-state index in [4.69, 9.17) is 0 Å². The summed E-state index contributed by atoms with van der Waals surface area (Å²) in [6.45, 7) is 8.17. The van der Waals surface area contributed by atoms with Crippen molar-refractivity contribution in [2.75, 3.05) is 13.1 Å². The van der Waals surface area contributed by atoms with Crippen LogP contribution in [0, 0.1) is 11.6 Å². The highest BCUT2D eigenvalue weighted by molar-refractivity contribution is 5.77. The Hall–Kier alpha value is -2.84. The molecule has 0 aliphatic carbocycles. The number of carbonyl (C=O) groups excluding carboxylic acids is 2. The number of rotatable bonds is 8. The topological polar surface area (TPSA) is 90.5 Å². The SMILES string of the molecule is CC(=O)N[C@@H](Cc1cc(F)cc(F)c1)[C@H](O)CNC1(c2cccc(C(C)(C)C)c2)CCC(=O)NC1. The summed E-state index contributed by atoms with van der Waals surface area (Å²) in [4.78, 5) is 23.7. The minimum atomic E-state index is -1.05. The van der Waals surface area contributed by atoms with Gasteiger partial charge in [-0.3, -0.25) is 9.59 Å². The van der Waals surface area contributed by atoms with Gasteiger partial charge < -0.3 is 21.1 Å². The van der Waals surface area contributed by atoms with Crippen LogP contribution in [0.5, 0.6) is 0 Å². The Morgan fingerprint density at radius 3 is 2.43 bits per heavy atom. The normalized spacial score (nSPS) is 20.1. The van der Waals surface area contributed by atoms with Crippen molar-refractivity contribution in [1.29, 1.82) is 0 Å². The molecular weight excluding hydrogens is 452 g/mol. The maximum absolute atomic E-state index is 13.7. The Balaban J connectivity index is 1.83. The molecule has 2 amide bonds. The highest BCUT2D eigenvalue weighted by Crippen LogP contribution is 2.32. The molecule has 1 unspecified atom stereocenters. The smallest absolute Gasteiger partial charge is 0.220 e. The van der Waals surface area contributed by atoms with Crippen molar-refractivity contribution in [2.24, 2.45) is 0 Å². The standard InChI is InChI=1S/C27H35F2N3O3/c1-17(33)32-23(12-18-10-21(28)14-22(29)11-18)24(34)15-31-27(9-8-25(35)30-16-27)20-7-5-6-19(13-20)26(2,3)4/h5-7,10-11,13-14,23-24,31,34H,8-9,12,15-16H2,1-4H3,(H,30,35)(H,32,33)/t23-,24+,27?/m0/s1. The van der Waals surface area contributed by atoms with Gasteiger partial charge in [-0.2, -0.15) is 0 Å². The minimum absolute atomic E-state index is 0.0285.